The summed E-state index contributed by atoms with van der Waals surface area (Å²) in [5.41, 5.74) is 0.477. The highest BCUT2D eigenvalue weighted by Gasteiger charge is 2.39. The molecule has 1 rings (SSSR count). The fraction of sp³-hybridized carbons (Fsp3) is 0.842. The van der Waals surface area contributed by atoms with Crippen LogP contribution in [0.25, 0.3) is 0 Å². The van der Waals surface area contributed by atoms with Crippen LogP contribution in [0.4, 0.5) is 0 Å². The van der Waals surface area contributed by atoms with Crippen molar-refractivity contribution >= 4 is 11.6 Å². The van der Waals surface area contributed by atoms with Crippen LogP contribution >= 0.6 is 11.6 Å². The fourth-order valence-electron chi connectivity index (χ4n) is 3.95. The lowest BCUT2D eigenvalue weighted by Crippen LogP contribution is -2.16. The summed E-state index contributed by atoms with van der Waals surface area (Å²) in [6.45, 7) is 9.09. The number of rotatable bonds is 11. The van der Waals surface area contributed by atoms with Crippen molar-refractivity contribution in [3.63, 3.8) is 0 Å². The van der Waals surface area contributed by atoms with Crippen molar-refractivity contribution in [2.24, 2.45) is 17.8 Å². The third-order valence-corrected chi connectivity index (χ3v) is 5.97. The first-order valence-corrected chi connectivity index (χ1v) is 9.54. The summed E-state index contributed by atoms with van der Waals surface area (Å²) < 4.78 is 0. The molecule has 0 aromatic heterocycles. The van der Waals surface area contributed by atoms with E-state index in [9.17, 15) is 0 Å². The van der Waals surface area contributed by atoms with Gasteiger partial charge in [-0.2, -0.15) is 5.26 Å². The molecule has 0 amide bonds. The van der Waals surface area contributed by atoms with E-state index in [-0.39, 0.29) is 0 Å². The van der Waals surface area contributed by atoms with E-state index in [2.05, 4.69) is 25.7 Å². The number of nitriles is 1. The molecule has 0 aromatic carbocycles. The van der Waals surface area contributed by atoms with Gasteiger partial charge < -0.3 is 5.32 Å². The van der Waals surface area contributed by atoms with Crippen LogP contribution in [0.2, 0.25) is 0 Å². The number of hydrogen-bond donors (Lipinski definition) is 1. The van der Waals surface area contributed by atoms with E-state index in [4.69, 9.17) is 16.9 Å². The van der Waals surface area contributed by atoms with Gasteiger partial charge in [0.05, 0.1) is 0 Å². The van der Waals surface area contributed by atoms with Crippen molar-refractivity contribution in [3.8, 4) is 6.07 Å². The molecule has 1 N–H and O–H groups in total. The van der Waals surface area contributed by atoms with Crippen LogP contribution in [0.3, 0.4) is 0 Å². The number of alkyl halides is 1. The second kappa shape index (κ2) is 10.9. The largest absolute Gasteiger partial charge is 0.377 e. The van der Waals surface area contributed by atoms with Gasteiger partial charge in [0.15, 0.2) is 0 Å². The molecule has 22 heavy (non-hydrogen) atoms. The topological polar surface area (TPSA) is 35.8 Å². The second-order valence-electron chi connectivity index (χ2n) is 6.75. The van der Waals surface area contributed by atoms with Crippen molar-refractivity contribution in [2.45, 2.75) is 77.0 Å². The minimum atomic E-state index is 0.413. The van der Waals surface area contributed by atoms with Crippen LogP contribution in [0.15, 0.2) is 12.3 Å². The zero-order valence-electron chi connectivity index (χ0n) is 14.4. The molecule has 1 aliphatic rings. The SMILES string of the molecule is C=C(C#N)NCCCCCCCC1CC(CC)C(CC)C1Cl. The number of halogens is 1. The zero-order valence-corrected chi connectivity index (χ0v) is 15.2. The Morgan fingerprint density at radius 1 is 1.14 bits per heavy atom. The third-order valence-electron chi connectivity index (χ3n) is 5.29. The summed E-state index contributed by atoms with van der Waals surface area (Å²) in [6.07, 6.45) is 11.5. The van der Waals surface area contributed by atoms with Gasteiger partial charge in [0.1, 0.15) is 11.8 Å². The van der Waals surface area contributed by atoms with Crippen molar-refractivity contribution < 1.29 is 0 Å². The van der Waals surface area contributed by atoms with Crippen LogP contribution in [-0.2, 0) is 0 Å². The Morgan fingerprint density at radius 3 is 2.41 bits per heavy atom. The Bertz CT molecular complexity index is 361. The Kier molecular flexibility index (Phi) is 9.64. The van der Waals surface area contributed by atoms with Crippen molar-refractivity contribution in [3.05, 3.63) is 12.3 Å². The minimum Gasteiger partial charge on any atom is -0.377 e. The lowest BCUT2D eigenvalue weighted by atomic mass is 9.91. The van der Waals surface area contributed by atoms with E-state index in [1.165, 1.54) is 51.4 Å². The summed E-state index contributed by atoms with van der Waals surface area (Å²) in [5.74, 6) is 2.35. The summed E-state index contributed by atoms with van der Waals surface area (Å²) in [6, 6.07) is 2.01. The van der Waals surface area contributed by atoms with Gasteiger partial charge >= 0.3 is 0 Å². The zero-order chi connectivity index (χ0) is 16.4. The third kappa shape index (κ3) is 6.21. The second-order valence-corrected chi connectivity index (χ2v) is 7.26. The number of nitrogens with zero attached hydrogens (tertiary/aromatic N) is 1. The van der Waals surface area contributed by atoms with Crippen LogP contribution in [-0.4, -0.2) is 11.9 Å². The van der Waals surface area contributed by atoms with Gasteiger partial charge in [-0.3, -0.25) is 0 Å². The molecule has 0 aliphatic heterocycles. The van der Waals surface area contributed by atoms with Gasteiger partial charge in [-0.05, 0) is 37.0 Å². The van der Waals surface area contributed by atoms with E-state index in [1.54, 1.807) is 0 Å². The van der Waals surface area contributed by atoms with Crippen molar-refractivity contribution in [1.29, 1.82) is 5.26 Å². The molecule has 3 heteroatoms. The molecule has 126 valence electrons. The van der Waals surface area contributed by atoms with Crippen LogP contribution < -0.4 is 5.32 Å². The number of hydrogen-bond acceptors (Lipinski definition) is 2. The maximum absolute atomic E-state index is 8.58. The Labute approximate surface area is 142 Å². The monoisotopic (exact) mass is 324 g/mol. The molecule has 4 unspecified atom stereocenters. The van der Waals surface area contributed by atoms with Gasteiger partial charge in [-0.15, -0.1) is 11.6 Å². The van der Waals surface area contributed by atoms with E-state index >= 15 is 0 Å². The molecule has 1 fully saturated rings. The Balaban J connectivity index is 2.05. The molecule has 0 radical (unpaired) electrons. The van der Waals surface area contributed by atoms with Crippen LogP contribution in [0.5, 0.6) is 0 Å². The molecule has 0 aromatic rings. The average Bonchev–Trinajstić information content (AvgIpc) is 2.84. The smallest absolute Gasteiger partial charge is 0.116 e. The first kappa shape index (κ1) is 19.4. The first-order valence-electron chi connectivity index (χ1n) is 9.10. The molecule has 1 saturated carbocycles. The van der Waals surface area contributed by atoms with Crippen molar-refractivity contribution in [1.82, 2.24) is 5.32 Å². The molecule has 0 saturated heterocycles. The molecular formula is C19H33ClN2. The standard InChI is InChI=1S/C19H33ClN2/c1-4-16-13-17(19(20)18(16)5-2)11-9-7-6-8-10-12-22-15(3)14-21/h16-19,22H,3-13H2,1-2H3. The minimum absolute atomic E-state index is 0.413. The Morgan fingerprint density at radius 2 is 1.82 bits per heavy atom. The van der Waals surface area contributed by atoms with E-state index < -0.39 is 0 Å². The van der Waals surface area contributed by atoms with Gasteiger partial charge in [0.25, 0.3) is 0 Å². The van der Waals surface area contributed by atoms with Crippen molar-refractivity contribution in [2.75, 3.05) is 6.54 Å². The predicted molar refractivity (Wildman–Crippen MR) is 95.8 cm³/mol. The molecule has 1 aliphatic carbocycles. The first-order chi connectivity index (χ1) is 10.6. The number of unbranched alkanes of at least 4 members (excludes halogenated alkanes) is 4. The summed E-state index contributed by atoms with van der Waals surface area (Å²) >= 11 is 6.70. The lowest BCUT2D eigenvalue weighted by Gasteiger charge is -2.19. The summed E-state index contributed by atoms with van der Waals surface area (Å²) in [7, 11) is 0. The molecule has 0 spiro atoms. The van der Waals surface area contributed by atoms with E-state index in [0.29, 0.717) is 11.1 Å². The van der Waals surface area contributed by atoms with Crippen LogP contribution in [0.1, 0.15) is 71.6 Å². The maximum atomic E-state index is 8.58. The lowest BCUT2D eigenvalue weighted by molar-refractivity contribution is 0.370. The molecule has 0 heterocycles. The number of allylic oxidation sites excluding steroid dienone is 1. The fourth-order valence-corrected chi connectivity index (χ4v) is 4.56. The highest BCUT2D eigenvalue weighted by atomic mass is 35.5. The Hall–Kier alpha value is -0.680. The van der Waals surface area contributed by atoms with Crippen LogP contribution in [0, 0.1) is 29.1 Å². The molecule has 4 atom stereocenters. The number of nitrogens with one attached hydrogen (secondary N) is 1. The molecular weight excluding hydrogens is 292 g/mol. The molecule has 2 nitrogen and oxygen atoms in total. The van der Waals surface area contributed by atoms with E-state index in [1.807, 2.05) is 6.07 Å². The quantitative estimate of drug-likeness (QED) is 0.303. The summed E-state index contributed by atoms with van der Waals surface area (Å²) in [4.78, 5) is 0. The highest BCUT2D eigenvalue weighted by Crippen LogP contribution is 2.45. The van der Waals surface area contributed by atoms with Gasteiger partial charge in [0.2, 0.25) is 0 Å². The van der Waals surface area contributed by atoms with E-state index in [0.717, 1.165) is 30.7 Å². The maximum Gasteiger partial charge on any atom is 0.116 e. The normalized spacial score (nSPS) is 27.5. The van der Waals surface area contributed by atoms with Gasteiger partial charge in [-0.25, -0.2) is 0 Å². The van der Waals surface area contributed by atoms with Gasteiger partial charge in [-0.1, -0.05) is 59.0 Å². The molecule has 0 bridgehead atoms. The highest BCUT2D eigenvalue weighted by molar-refractivity contribution is 6.21. The predicted octanol–water partition coefficient (Wildman–Crippen LogP) is 5.63. The summed E-state index contributed by atoms with van der Waals surface area (Å²) in [5, 5.41) is 12.0. The van der Waals surface area contributed by atoms with Gasteiger partial charge in [0, 0.05) is 11.9 Å². The average molecular weight is 325 g/mol.